The SMILES string of the molecule is CC(C)CCOCCNC(=O)[C@@H](N)C(C)(C)C.Cl. The lowest BCUT2D eigenvalue weighted by atomic mass is 9.87. The zero-order valence-electron chi connectivity index (χ0n) is 12.3. The average Bonchev–Trinajstić information content (AvgIpc) is 2.19. The van der Waals surface area contributed by atoms with Crippen LogP contribution in [0.15, 0.2) is 0 Å². The number of carbonyl (C=O) groups excluding carboxylic acids is 1. The number of nitrogens with two attached hydrogens (primary N) is 1. The molecule has 0 fully saturated rings. The van der Waals surface area contributed by atoms with Gasteiger partial charge in [0.1, 0.15) is 0 Å². The summed E-state index contributed by atoms with van der Waals surface area (Å²) in [5.41, 5.74) is 5.62. The van der Waals surface area contributed by atoms with Gasteiger partial charge in [-0.3, -0.25) is 4.79 Å². The number of halogens is 1. The van der Waals surface area contributed by atoms with E-state index in [-0.39, 0.29) is 23.7 Å². The highest BCUT2D eigenvalue weighted by molar-refractivity contribution is 5.85. The summed E-state index contributed by atoms with van der Waals surface area (Å²) < 4.78 is 5.40. The van der Waals surface area contributed by atoms with Crippen molar-refractivity contribution in [2.75, 3.05) is 19.8 Å². The number of carbonyl (C=O) groups is 1. The van der Waals surface area contributed by atoms with Crippen molar-refractivity contribution in [3.8, 4) is 0 Å². The Morgan fingerprint density at radius 3 is 2.28 bits per heavy atom. The van der Waals surface area contributed by atoms with E-state index < -0.39 is 6.04 Å². The molecule has 0 aromatic carbocycles. The fourth-order valence-electron chi connectivity index (χ4n) is 1.17. The van der Waals surface area contributed by atoms with Gasteiger partial charge in [0.15, 0.2) is 0 Å². The largest absolute Gasteiger partial charge is 0.380 e. The summed E-state index contributed by atoms with van der Waals surface area (Å²) in [5, 5.41) is 2.79. The Labute approximate surface area is 117 Å². The highest BCUT2D eigenvalue weighted by Crippen LogP contribution is 2.16. The number of hydrogen-bond donors (Lipinski definition) is 2. The monoisotopic (exact) mass is 280 g/mol. The van der Waals surface area contributed by atoms with E-state index in [4.69, 9.17) is 10.5 Å². The van der Waals surface area contributed by atoms with Crippen LogP contribution in [-0.2, 0) is 9.53 Å². The lowest BCUT2D eigenvalue weighted by Crippen LogP contribution is -2.49. The van der Waals surface area contributed by atoms with Crippen molar-refractivity contribution in [3.63, 3.8) is 0 Å². The molecule has 1 atom stereocenters. The normalized spacial score (nSPS) is 13.1. The molecule has 1 amide bonds. The molecule has 3 N–H and O–H groups in total. The summed E-state index contributed by atoms with van der Waals surface area (Å²) in [4.78, 5) is 11.6. The standard InChI is InChI=1S/C13H28N2O2.ClH/c1-10(2)6-8-17-9-7-15-12(16)11(14)13(3,4)5;/h10-11H,6-9,14H2,1-5H3,(H,15,16);1H/t11-;/m1./s1. The Kier molecular flexibility index (Phi) is 10.7. The van der Waals surface area contributed by atoms with Crippen molar-refractivity contribution in [1.29, 1.82) is 0 Å². The molecule has 18 heavy (non-hydrogen) atoms. The van der Waals surface area contributed by atoms with E-state index in [0.717, 1.165) is 13.0 Å². The van der Waals surface area contributed by atoms with Gasteiger partial charge in [-0.05, 0) is 17.8 Å². The molecule has 0 aliphatic carbocycles. The molecular formula is C13H29ClN2O2. The predicted octanol–water partition coefficient (Wildman–Crippen LogP) is 1.96. The highest BCUT2D eigenvalue weighted by Gasteiger charge is 2.26. The van der Waals surface area contributed by atoms with E-state index >= 15 is 0 Å². The lowest BCUT2D eigenvalue weighted by Gasteiger charge is -2.25. The fraction of sp³-hybridized carbons (Fsp3) is 0.923. The Bertz CT molecular complexity index is 228. The van der Waals surface area contributed by atoms with Crippen LogP contribution in [0.4, 0.5) is 0 Å². The first kappa shape index (κ1) is 20.0. The minimum absolute atomic E-state index is 0. The van der Waals surface area contributed by atoms with Gasteiger partial charge < -0.3 is 15.8 Å². The van der Waals surface area contributed by atoms with Crippen molar-refractivity contribution >= 4 is 18.3 Å². The van der Waals surface area contributed by atoms with Crippen LogP contribution in [0.5, 0.6) is 0 Å². The van der Waals surface area contributed by atoms with Crippen molar-refractivity contribution < 1.29 is 9.53 Å². The van der Waals surface area contributed by atoms with Crippen molar-refractivity contribution in [2.24, 2.45) is 17.1 Å². The first-order valence-electron chi connectivity index (χ1n) is 6.36. The van der Waals surface area contributed by atoms with Crippen LogP contribution in [-0.4, -0.2) is 31.7 Å². The molecule has 0 radical (unpaired) electrons. The second-order valence-electron chi connectivity index (χ2n) is 5.93. The topological polar surface area (TPSA) is 64.3 Å². The van der Waals surface area contributed by atoms with Crippen LogP contribution in [0.2, 0.25) is 0 Å². The number of rotatable bonds is 7. The maximum atomic E-state index is 11.6. The number of ether oxygens (including phenoxy) is 1. The number of nitrogens with one attached hydrogen (secondary N) is 1. The van der Waals surface area contributed by atoms with E-state index in [2.05, 4.69) is 19.2 Å². The van der Waals surface area contributed by atoms with Gasteiger partial charge in [0.2, 0.25) is 5.91 Å². The van der Waals surface area contributed by atoms with E-state index in [1.165, 1.54) is 0 Å². The summed E-state index contributed by atoms with van der Waals surface area (Å²) in [7, 11) is 0. The van der Waals surface area contributed by atoms with Crippen LogP contribution in [0.25, 0.3) is 0 Å². The second kappa shape index (κ2) is 9.59. The maximum Gasteiger partial charge on any atom is 0.237 e. The molecule has 4 nitrogen and oxygen atoms in total. The van der Waals surface area contributed by atoms with Gasteiger partial charge >= 0.3 is 0 Å². The zero-order chi connectivity index (χ0) is 13.5. The third-order valence-corrected chi connectivity index (χ3v) is 2.60. The summed E-state index contributed by atoms with van der Waals surface area (Å²) in [6, 6.07) is -0.474. The Morgan fingerprint density at radius 2 is 1.83 bits per heavy atom. The highest BCUT2D eigenvalue weighted by atomic mass is 35.5. The van der Waals surface area contributed by atoms with Crippen molar-refractivity contribution in [1.82, 2.24) is 5.32 Å². The van der Waals surface area contributed by atoms with Gasteiger partial charge in [0.05, 0.1) is 12.6 Å². The molecule has 0 spiro atoms. The minimum atomic E-state index is -0.474. The third kappa shape index (κ3) is 9.68. The summed E-state index contributed by atoms with van der Waals surface area (Å²) in [5.74, 6) is 0.545. The average molecular weight is 281 g/mol. The van der Waals surface area contributed by atoms with E-state index in [9.17, 15) is 4.79 Å². The molecule has 0 aliphatic heterocycles. The van der Waals surface area contributed by atoms with Crippen molar-refractivity contribution in [3.05, 3.63) is 0 Å². The molecule has 110 valence electrons. The predicted molar refractivity (Wildman–Crippen MR) is 78.0 cm³/mol. The molecule has 5 heteroatoms. The lowest BCUT2D eigenvalue weighted by molar-refractivity contribution is -0.124. The van der Waals surface area contributed by atoms with Gasteiger partial charge in [-0.1, -0.05) is 34.6 Å². The first-order valence-corrected chi connectivity index (χ1v) is 6.36. The summed E-state index contributed by atoms with van der Waals surface area (Å²) in [6.45, 7) is 12.0. The number of amides is 1. The fourth-order valence-corrected chi connectivity index (χ4v) is 1.17. The van der Waals surface area contributed by atoms with Gasteiger partial charge in [0.25, 0.3) is 0 Å². The summed E-state index contributed by atoms with van der Waals surface area (Å²) >= 11 is 0. The Morgan fingerprint density at radius 1 is 1.28 bits per heavy atom. The van der Waals surface area contributed by atoms with Gasteiger partial charge in [0, 0.05) is 13.2 Å². The molecule has 0 saturated heterocycles. The van der Waals surface area contributed by atoms with Crippen LogP contribution in [0, 0.1) is 11.3 Å². The Balaban J connectivity index is 0. The van der Waals surface area contributed by atoms with Gasteiger partial charge in [-0.15, -0.1) is 12.4 Å². The number of hydrogen-bond acceptors (Lipinski definition) is 3. The second-order valence-corrected chi connectivity index (χ2v) is 5.93. The third-order valence-electron chi connectivity index (χ3n) is 2.60. The van der Waals surface area contributed by atoms with E-state index in [0.29, 0.717) is 19.1 Å². The van der Waals surface area contributed by atoms with Crippen LogP contribution in [0.3, 0.4) is 0 Å². The molecule has 0 rings (SSSR count). The van der Waals surface area contributed by atoms with Crippen LogP contribution < -0.4 is 11.1 Å². The first-order chi connectivity index (χ1) is 7.75. The molecule has 0 aliphatic rings. The van der Waals surface area contributed by atoms with Gasteiger partial charge in [-0.2, -0.15) is 0 Å². The minimum Gasteiger partial charge on any atom is -0.380 e. The van der Waals surface area contributed by atoms with Crippen LogP contribution in [0.1, 0.15) is 41.0 Å². The molecule has 0 aromatic rings. The summed E-state index contributed by atoms with van der Waals surface area (Å²) in [6.07, 6.45) is 1.05. The quantitative estimate of drug-likeness (QED) is 0.701. The molecule has 0 aromatic heterocycles. The molecular weight excluding hydrogens is 252 g/mol. The van der Waals surface area contributed by atoms with E-state index in [1.54, 1.807) is 0 Å². The zero-order valence-corrected chi connectivity index (χ0v) is 13.1. The molecule has 0 unspecified atom stereocenters. The molecule has 0 bridgehead atoms. The van der Waals surface area contributed by atoms with Crippen LogP contribution >= 0.6 is 12.4 Å². The smallest absolute Gasteiger partial charge is 0.237 e. The maximum absolute atomic E-state index is 11.6. The van der Waals surface area contributed by atoms with E-state index in [1.807, 2.05) is 20.8 Å². The molecule has 0 saturated carbocycles. The van der Waals surface area contributed by atoms with Gasteiger partial charge in [-0.25, -0.2) is 0 Å². The molecule has 0 heterocycles. The Hall–Kier alpha value is -0.320. The van der Waals surface area contributed by atoms with Crippen molar-refractivity contribution in [2.45, 2.75) is 47.1 Å².